The van der Waals surface area contributed by atoms with Gasteiger partial charge in [-0.15, -0.1) is 0 Å². The Morgan fingerprint density at radius 3 is 2.34 bits per heavy atom. The summed E-state index contributed by atoms with van der Waals surface area (Å²) >= 11 is 0. The van der Waals surface area contributed by atoms with Crippen molar-refractivity contribution in [3.63, 3.8) is 0 Å². The fraction of sp³-hybridized carbons (Fsp3) is 0.391. The van der Waals surface area contributed by atoms with Gasteiger partial charge in [-0.1, -0.05) is 25.5 Å². The zero-order valence-corrected chi connectivity index (χ0v) is 17.0. The minimum atomic E-state index is -0.463. The van der Waals surface area contributed by atoms with Gasteiger partial charge >= 0.3 is 0 Å². The number of aryl methyl sites for hydroxylation is 1. The number of anilines is 2. The van der Waals surface area contributed by atoms with Crippen molar-refractivity contribution in [3.05, 3.63) is 59.4 Å². The molecule has 0 bridgehead atoms. The summed E-state index contributed by atoms with van der Waals surface area (Å²) < 4.78 is 13.4. The molecule has 1 atom stereocenters. The molecule has 154 valence electrons. The average molecular weight is 397 g/mol. The van der Waals surface area contributed by atoms with Gasteiger partial charge in [-0.2, -0.15) is 0 Å². The largest absolute Gasteiger partial charge is 0.326 e. The van der Waals surface area contributed by atoms with E-state index in [-0.39, 0.29) is 17.6 Å². The van der Waals surface area contributed by atoms with Crippen LogP contribution >= 0.6 is 0 Å². The normalized spacial score (nSPS) is 15.6. The number of benzene rings is 2. The van der Waals surface area contributed by atoms with Crippen molar-refractivity contribution >= 4 is 23.2 Å². The third-order valence-electron chi connectivity index (χ3n) is 5.28. The van der Waals surface area contributed by atoms with E-state index in [4.69, 9.17) is 0 Å². The predicted octanol–water partition coefficient (Wildman–Crippen LogP) is 4.65. The Morgan fingerprint density at radius 1 is 1.03 bits per heavy atom. The lowest BCUT2D eigenvalue weighted by atomic mass is 10.0. The molecule has 0 saturated carbocycles. The van der Waals surface area contributed by atoms with Crippen molar-refractivity contribution in [1.29, 1.82) is 0 Å². The number of hydrogen-bond acceptors (Lipinski definition) is 3. The van der Waals surface area contributed by atoms with E-state index in [9.17, 15) is 14.0 Å². The molecule has 5 nitrogen and oxygen atoms in total. The second-order valence-corrected chi connectivity index (χ2v) is 7.47. The van der Waals surface area contributed by atoms with Gasteiger partial charge < -0.3 is 10.6 Å². The number of hydrogen-bond donors (Lipinski definition) is 2. The monoisotopic (exact) mass is 397 g/mol. The fourth-order valence-corrected chi connectivity index (χ4v) is 3.68. The van der Waals surface area contributed by atoms with Crippen molar-refractivity contribution in [2.45, 2.75) is 45.6 Å². The van der Waals surface area contributed by atoms with Crippen molar-refractivity contribution in [3.8, 4) is 0 Å². The average Bonchev–Trinajstić information content (AvgIpc) is 2.72. The van der Waals surface area contributed by atoms with Gasteiger partial charge in [0.25, 0.3) is 0 Å². The van der Waals surface area contributed by atoms with E-state index in [1.165, 1.54) is 12.1 Å². The Hall–Kier alpha value is -2.73. The number of nitrogens with one attached hydrogen (secondary N) is 2. The van der Waals surface area contributed by atoms with Crippen LogP contribution in [-0.2, 0) is 9.59 Å². The van der Waals surface area contributed by atoms with E-state index >= 15 is 0 Å². The molecule has 2 N–H and O–H groups in total. The van der Waals surface area contributed by atoms with Gasteiger partial charge in [-0.3, -0.25) is 14.5 Å². The van der Waals surface area contributed by atoms with Gasteiger partial charge in [-0.25, -0.2) is 4.39 Å². The zero-order valence-electron chi connectivity index (χ0n) is 17.0. The number of carbonyl (C=O) groups is 2. The molecular formula is C23H28FN3O2. The van der Waals surface area contributed by atoms with Gasteiger partial charge in [0.1, 0.15) is 11.9 Å². The van der Waals surface area contributed by atoms with Crippen LogP contribution in [0.2, 0.25) is 0 Å². The summed E-state index contributed by atoms with van der Waals surface area (Å²) in [6, 6.07) is 11.1. The van der Waals surface area contributed by atoms with Crippen LogP contribution < -0.4 is 10.6 Å². The van der Waals surface area contributed by atoms with Crippen molar-refractivity contribution in [2.75, 3.05) is 23.7 Å². The van der Waals surface area contributed by atoms with E-state index in [2.05, 4.69) is 15.5 Å². The smallest absolute Gasteiger partial charge is 0.246 e. The molecule has 0 spiro atoms. The lowest BCUT2D eigenvalue weighted by Gasteiger charge is -2.34. The molecule has 2 aromatic carbocycles. The maximum absolute atomic E-state index is 13.4. The minimum absolute atomic E-state index is 0.0531. The molecule has 3 rings (SSSR count). The Morgan fingerprint density at radius 2 is 1.72 bits per heavy atom. The molecule has 1 saturated heterocycles. The second kappa shape index (κ2) is 9.65. The Kier molecular flexibility index (Phi) is 6.99. The molecular weight excluding hydrogens is 369 g/mol. The number of amides is 2. The van der Waals surface area contributed by atoms with Crippen LogP contribution in [0.5, 0.6) is 0 Å². The molecule has 0 radical (unpaired) electrons. The third kappa shape index (κ3) is 5.41. The molecule has 1 aliphatic rings. The highest BCUT2D eigenvalue weighted by Crippen LogP contribution is 2.28. The number of nitrogens with zero attached hydrogens (tertiary/aromatic N) is 1. The van der Waals surface area contributed by atoms with Gasteiger partial charge in [0.2, 0.25) is 11.8 Å². The van der Waals surface area contributed by atoms with Gasteiger partial charge in [0, 0.05) is 17.8 Å². The van der Waals surface area contributed by atoms with E-state index in [0.717, 1.165) is 43.5 Å². The number of rotatable bonds is 6. The summed E-state index contributed by atoms with van der Waals surface area (Å²) in [7, 11) is 0. The summed E-state index contributed by atoms with van der Waals surface area (Å²) in [5.74, 6) is -0.498. The van der Waals surface area contributed by atoms with Crippen LogP contribution in [0.3, 0.4) is 0 Å². The lowest BCUT2D eigenvalue weighted by Crippen LogP contribution is -2.40. The zero-order chi connectivity index (χ0) is 20.8. The van der Waals surface area contributed by atoms with E-state index in [1.54, 1.807) is 31.2 Å². The number of carbonyl (C=O) groups excluding carboxylic acids is 2. The number of likely N-dealkylation sites (tertiary alicyclic amines) is 1. The van der Waals surface area contributed by atoms with E-state index in [1.807, 2.05) is 13.0 Å². The molecule has 2 aromatic rings. The van der Waals surface area contributed by atoms with Crippen LogP contribution in [0.1, 0.15) is 49.8 Å². The van der Waals surface area contributed by atoms with E-state index < -0.39 is 6.04 Å². The summed E-state index contributed by atoms with van der Waals surface area (Å²) in [4.78, 5) is 27.0. The summed E-state index contributed by atoms with van der Waals surface area (Å²) in [5.41, 5.74) is 3.06. The molecule has 1 heterocycles. The fourth-order valence-electron chi connectivity index (χ4n) is 3.68. The van der Waals surface area contributed by atoms with Crippen LogP contribution in [-0.4, -0.2) is 29.8 Å². The predicted molar refractivity (Wildman–Crippen MR) is 113 cm³/mol. The summed E-state index contributed by atoms with van der Waals surface area (Å²) in [6.07, 6.45) is 3.68. The Balaban J connectivity index is 1.80. The quantitative estimate of drug-likeness (QED) is 0.746. The van der Waals surface area contributed by atoms with Gasteiger partial charge in [0.15, 0.2) is 0 Å². The van der Waals surface area contributed by atoms with Crippen molar-refractivity contribution in [2.24, 2.45) is 0 Å². The molecule has 0 aromatic heterocycles. The molecule has 29 heavy (non-hydrogen) atoms. The van der Waals surface area contributed by atoms with Crippen LogP contribution in [0.4, 0.5) is 15.8 Å². The van der Waals surface area contributed by atoms with Gasteiger partial charge in [-0.05, 0) is 74.3 Å². The highest BCUT2D eigenvalue weighted by molar-refractivity contribution is 5.97. The topological polar surface area (TPSA) is 61.4 Å². The minimum Gasteiger partial charge on any atom is -0.326 e. The van der Waals surface area contributed by atoms with E-state index in [0.29, 0.717) is 17.8 Å². The Labute approximate surface area is 171 Å². The van der Waals surface area contributed by atoms with Crippen molar-refractivity contribution in [1.82, 2.24) is 4.90 Å². The van der Waals surface area contributed by atoms with Crippen molar-refractivity contribution < 1.29 is 14.0 Å². The first-order chi connectivity index (χ1) is 14.0. The molecule has 6 heteroatoms. The highest BCUT2D eigenvalue weighted by atomic mass is 19.1. The first-order valence-corrected chi connectivity index (χ1v) is 10.2. The van der Waals surface area contributed by atoms with Crippen LogP contribution in [0.15, 0.2) is 42.5 Å². The van der Waals surface area contributed by atoms with Crippen LogP contribution in [0.25, 0.3) is 0 Å². The number of piperidine rings is 1. The lowest BCUT2D eigenvalue weighted by molar-refractivity contribution is -0.122. The molecule has 1 fully saturated rings. The maximum atomic E-state index is 13.4. The summed E-state index contributed by atoms with van der Waals surface area (Å²) in [5, 5.41) is 5.85. The summed E-state index contributed by atoms with van der Waals surface area (Å²) in [6.45, 7) is 5.38. The molecule has 2 amide bonds. The number of halogens is 1. The highest BCUT2D eigenvalue weighted by Gasteiger charge is 2.29. The molecule has 0 aliphatic carbocycles. The standard InChI is InChI=1S/C23H28FN3O2/c1-3-21(28)25-19-11-12-20(16(2)15-19)26-23(29)22(27-13-5-4-6-14-27)17-7-9-18(24)10-8-17/h7-12,15,22H,3-6,13-14H2,1-2H3,(H,25,28)(H,26,29). The molecule has 1 unspecified atom stereocenters. The Bertz CT molecular complexity index is 861. The third-order valence-corrected chi connectivity index (χ3v) is 5.28. The SMILES string of the molecule is CCC(=O)Nc1ccc(NC(=O)C(c2ccc(F)cc2)N2CCCCC2)c(C)c1. The second-order valence-electron chi connectivity index (χ2n) is 7.47. The first kappa shape index (κ1) is 21.0. The van der Waals surface area contributed by atoms with Gasteiger partial charge in [0.05, 0.1) is 0 Å². The first-order valence-electron chi connectivity index (χ1n) is 10.2. The van der Waals surface area contributed by atoms with Crippen LogP contribution in [0, 0.1) is 12.7 Å². The molecule has 1 aliphatic heterocycles. The maximum Gasteiger partial charge on any atom is 0.246 e.